The fraction of sp³-hybridized carbons (Fsp3) is 0.682. The molecule has 0 bridgehead atoms. The molecular formula is C22H33N5O3. The highest BCUT2D eigenvalue weighted by Gasteiger charge is 2.43. The number of piperazine rings is 1. The topological polar surface area (TPSA) is 86.8 Å². The van der Waals surface area contributed by atoms with Crippen molar-refractivity contribution in [3.8, 4) is 0 Å². The Morgan fingerprint density at radius 1 is 1.37 bits per heavy atom. The number of nitrogens with one attached hydrogen (secondary N) is 2. The first kappa shape index (κ1) is 21.2. The molecule has 4 unspecified atom stereocenters. The van der Waals surface area contributed by atoms with E-state index in [1.165, 1.54) is 0 Å². The number of likely N-dealkylation sites (tertiary alicyclic amines) is 1. The first-order valence-electron chi connectivity index (χ1n) is 11.1. The summed E-state index contributed by atoms with van der Waals surface area (Å²) >= 11 is 0. The quantitative estimate of drug-likeness (QED) is 0.644. The number of hydrogen-bond acceptors (Lipinski definition) is 6. The Labute approximate surface area is 178 Å². The van der Waals surface area contributed by atoms with E-state index >= 15 is 0 Å². The molecule has 1 aromatic heterocycles. The Bertz CT molecular complexity index is 731. The lowest BCUT2D eigenvalue weighted by Crippen LogP contribution is -2.58. The third-order valence-corrected chi connectivity index (χ3v) is 6.67. The van der Waals surface area contributed by atoms with Crippen molar-refractivity contribution in [2.45, 2.75) is 62.8 Å². The number of rotatable bonds is 8. The van der Waals surface area contributed by atoms with Gasteiger partial charge in [-0.2, -0.15) is 0 Å². The van der Waals surface area contributed by atoms with Crippen molar-refractivity contribution in [3.63, 3.8) is 0 Å². The van der Waals surface area contributed by atoms with Crippen molar-refractivity contribution in [3.05, 3.63) is 30.1 Å². The molecule has 3 fully saturated rings. The Morgan fingerprint density at radius 2 is 2.27 bits per heavy atom. The molecule has 0 radical (unpaired) electrons. The van der Waals surface area contributed by atoms with Crippen LogP contribution in [0.4, 0.5) is 0 Å². The standard InChI is InChI=1S/C22H33N5O3/c1-30-15-19-6-4-10-26(19)21(28)8-7-18-13-25-22(29)20-11-17(14-27(18)20)24-12-16-5-2-3-9-23-16/h2-3,5,9,17-20,24H,4,6-8,10-15H2,1H3,(H,25,29). The Morgan fingerprint density at radius 3 is 3.07 bits per heavy atom. The second-order valence-corrected chi connectivity index (χ2v) is 8.62. The van der Waals surface area contributed by atoms with E-state index in [0.29, 0.717) is 26.1 Å². The molecule has 8 nitrogen and oxygen atoms in total. The SMILES string of the molecule is COCC1CCCN1C(=O)CCC1CNC(=O)C2CC(NCc3ccccn3)CN12. The van der Waals surface area contributed by atoms with Gasteiger partial charge in [-0.25, -0.2) is 0 Å². The molecule has 4 heterocycles. The van der Waals surface area contributed by atoms with Crippen molar-refractivity contribution in [1.29, 1.82) is 0 Å². The maximum Gasteiger partial charge on any atom is 0.237 e. The van der Waals surface area contributed by atoms with Crippen LogP contribution in [-0.2, 0) is 20.9 Å². The van der Waals surface area contributed by atoms with Crippen LogP contribution in [0.5, 0.6) is 0 Å². The zero-order valence-electron chi connectivity index (χ0n) is 17.8. The number of pyridine rings is 1. The van der Waals surface area contributed by atoms with Crippen LogP contribution in [0.3, 0.4) is 0 Å². The van der Waals surface area contributed by atoms with Crippen molar-refractivity contribution in [2.75, 3.05) is 33.4 Å². The highest BCUT2D eigenvalue weighted by molar-refractivity contribution is 5.83. The second-order valence-electron chi connectivity index (χ2n) is 8.62. The van der Waals surface area contributed by atoms with Gasteiger partial charge >= 0.3 is 0 Å². The summed E-state index contributed by atoms with van der Waals surface area (Å²) in [5, 5.41) is 6.61. The van der Waals surface area contributed by atoms with Gasteiger partial charge in [-0.15, -0.1) is 0 Å². The molecule has 3 aliphatic rings. The van der Waals surface area contributed by atoms with Gasteiger partial charge in [0.15, 0.2) is 0 Å². The molecule has 0 saturated carbocycles. The maximum absolute atomic E-state index is 12.8. The minimum absolute atomic E-state index is 0.104. The van der Waals surface area contributed by atoms with E-state index in [1.807, 2.05) is 23.1 Å². The Balaban J connectivity index is 1.30. The molecule has 30 heavy (non-hydrogen) atoms. The number of carbonyl (C=O) groups excluding carboxylic acids is 2. The van der Waals surface area contributed by atoms with Gasteiger partial charge in [0.2, 0.25) is 11.8 Å². The summed E-state index contributed by atoms with van der Waals surface area (Å²) in [5.41, 5.74) is 1.00. The van der Waals surface area contributed by atoms with Crippen molar-refractivity contribution in [1.82, 2.24) is 25.4 Å². The van der Waals surface area contributed by atoms with Crippen LogP contribution in [0.25, 0.3) is 0 Å². The normalized spacial score (nSPS) is 29.1. The summed E-state index contributed by atoms with van der Waals surface area (Å²) in [4.78, 5) is 33.9. The van der Waals surface area contributed by atoms with Crippen LogP contribution in [0.1, 0.15) is 37.8 Å². The molecular weight excluding hydrogens is 382 g/mol. The number of nitrogens with zero attached hydrogens (tertiary/aromatic N) is 3. The summed E-state index contributed by atoms with van der Waals surface area (Å²) in [6.45, 7) is 3.60. The lowest BCUT2D eigenvalue weighted by molar-refractivity contribution is -0.133. The molecule has 0 aromatic carbocycles. The first-order chi connectivity index (χ1) is 14.7. The molecule has 2 amide bonds. The highest BCUT2D eigenvalue weighted by Crippen LogP contribution is 2.27. The second kappa shape index (κ2) is 9.85. The van der Waals surface area contributed by atoms with Crippen molar-refractivity contribution < 1.29 is 14.3 Å². The number of carbonyl (C=O) groups is 2. The molecule has 4 rings (SSSR count). The van der Waals surface area contributed by atoms with E-state index in [1.54, 1.807) is 13.3 Å². The van der Waals surface area contributed by atoms with Crippen LogP contribution in [0, 0.1) is 0 Å². The monoisotopic (exact) mass is 415 g/mol. The van der Waals surface area contributed by atoms with E-state index < -0.39 is 0 Å². The van der Waals surface area contributed by atoms with E-state index in [2.05, 4.69) is 20.5 Å². The number of hydrogen-bond donors (Lipinski definition) is 2. The fourth-order valence-electron chi connectivity index (χ4n) is 5.11. The van der Waals surface area contributed by atoms with Gasteiger partial charge in [0.25, 0.3) is 0 Å². The average Bonchev–Trinajstić information content (AvgIpc) is 3.40. The largest absolute Gasteiger partial charge is 0.383 e. The van der Waals surface area contributed by atoms with Gasteiger partial charge in [-0.05, 0) is 37.8 Å². The lowest BCUT2D eigenvalue weighted by Gasteiger charge is -2.37. The number of ether oxygens (including phenoxy) is 1. The molecule has 3 aliphatic heterocycles. The van der Waals surface area contributed by atoms with E-state index in [9.17, 15) is 9.59 Å². The number of fused-ring (bicyclic) bond motifs is 1. The smallest absolute Gasteiger partial charge is 0.237 e. The molecule has 1 aromatic rings. The van der Waals surface area contributed by atoms with Gasteiger partial charge in [0.05, 0.1) is 24.4 Å². The summed E-state index contributed by atoms with van der Waals surface area (Å²) < 4.78 is 5.27. The van der Waals surface area contributed by atoms with Crippen LogP contribution in [-0.4, -0.2) is 84.1 Å². The van der Waals surface area contributed by atoms with Crippen molar-refractivity contribution >= 4 is 11.8 Å². The predicted molar refractivity (Wildman–Crippen MR) is 113 cm³/mol. The fourth-order valence-corrected chi connectivity index (χ4v) is 5.11. The zero-order valence-corrected chi connectivity index (χ0v) is 17.8. The van der Waals surface area contributed by atoms with Crippen molar-refractivity contribution in [2.24, 2.45) is 0 Å². The third kappa shape index (κ3) is 4.82. The Kier molecular flexibility index (Phi) is 6.97. The highest BCUT2D eigenvalue weighted by atomic mass is 16.5. The van der Waals surface area contributed by atoms with Crippen LogP contribution >= 0.6 is 0 Å². The van der Waals surface area contributed by atoms with E-state index in [4.69, 9.17) is 4.74 Å². The van der Waals surface area contributed by atoms with E-state index in [-0.39, 0.29) is 36.0 Å². The molecule has 8 heteroatoms. The summed E-state index contributed by atoms with van der Waals surface area (Å²) in [6.07, 6.45) is 5.97. The number of aromatic nitrogens is 1. The van der Waals surface area contributed by atoms with Crippen LogP contribution in [0.2, 0.25) is 0 Å². The van der Waals surface area contributed by atoms with Gasteiger partial charge in [-0.3, -0.25) is 19.5 Å². The minimum Gasteiger partial charge on any atom is -0.383 e. The summed E-state index contributed by atoms with van der Waals surface area (Å²) in [7, 11) is 1.69. The molecule has 0 aliphatic carbocycles. The lowest BCUT2D eigenvalue weighted by atomic mass is 10.0. The third-order valence-electron chi connectivity index (χ3n) is 6.67. The van der Waals surface area contributed by atoms with E-state index in [0.717, 1.165) is 44.5 Å². The van der Waals surface area contributed by atoms with Crippen LogP contribution < -0.4 is 10.6 Å². The minimum atomic E-state index is -0.104. The molecule has 164 valence electrons. The first-order valence-corrected chi connectivity index (χ1v) is 11.1. The summed E-state index contributed by atoms with van der Waals surface area (Å²) in [6, 6.07) is 6.48. The molecule has 3 saturated heterocycles. The van der Waals surface area contributed by atoms with Gasteiger partial charge in [0.1, 0.15) is 0 Å². The molecule has 4 atom stereocenters. The zero-order chi connectivity index (χ0) is 20.9. The average molecular weight is 416 g/mol. The Hall–Kier alpha value is -2.03. The molecule has 0 spiro atoms. The van der Waals surface area contributed by atoms with Gasteiger partial charge in [-0.1, -0.05) is 6.07 Å². The predicted octanol–water partition coefficient (Wildman–Crippen LogP) is 0.530. The number of amides is 2. The van der Waals surface area contributed by atoms with Gasteiger partial charge in [0, 0.05) is 58.0 Å². The maximum atomic E-state index is 12.8. The van der Waals surface area contributed by atoms with Crippen LogP contribution in [0.15, 0.2) is 24.4 Å². The molecule has 2 N–H and O–H groups in total. The number of methoxy groups -OCH3 is 1. The van der Waals surface area contributed by atoms with Gasteiger partial charge < -0.3 is 20.3 Å². The summed E-state index contributed by atoms with van der Waals surface area (Å²) in [5.74, 6) is 0.325.